The number of nitrogens with zero attached hydrogens (tertiary/aromatic N) is 1. The molecule has 1 fully saturated rings. The third-order valence-electron chi connectivity index (χ3n) is 6.18. The second kappa shape index (κ2) is 7.20. The summed E-state index contributed by atoms with van der Waals surface area (Å²) in [7, 11) is 1.54. The van der Waals surface area contributed by atoms with Crippen LogP contribution >= 0.6 is 0 Å². The van der Waals surface area contributed by atoms with E-state index in [1.165, 1.54) is 48.5 Å². The number of esters is 4. The predicted octanol–water partition coefficient (Wildman–Crippen LogP) is 1.31. The number of hydrogen-bond acceptors (Lipinski definition) is 10. The highest BCUT2D eigenvalue weighted by Gasteiger charge is 2.51. The van der Waals surface area contributed by atoms with Crippen LogP contribution in [0.4, 0.5) is 0 Å². The van der Waals surface area contributed by atoms with Crippen molar-refractivity contribution >= 4 is 35.4 Å². The Bertz CT molecular complexity index is 1390. The number of Topliss-reactive ketones (excluding diaryl/α,β-unsaturated/α-hetero) is 2. The van der Waals surface area contributed by atoms with E-state index in [0.717, 1.165) is 0 Å². The van der Waals surface area contributed by atoms with Crippen molar-refractivity contribution in [2.45, 2.75) is 13.3 Å². The highest BCUT2D eigenvalue weighted by atomic mass is 16.6. The van der Waals surface area contributed by atoms with Crippen molar-refractivity contribution in [2.75, 3.05) is 7.05 Å². The number of cyclic esters (lactones) is 4. The average Bonchev–Trinajstić information content (AvgIpc) is 3.23. The number of ketones is 2. The number of carbonyl (C=O) groups is 6. The second-order valence-electron chi connectivity index (χ2n) is 8.33. The van der Waals surface area contributed by atoms with E-state index in [-0.39, 0.29) is 45.7 Å². The maximum atomic E-state index is 13.1. The van der Waals surface area contributed by atoms with E-state index in [1.54, 1.807) is 13.0 Å². The van der Waals surface area contributed by atoms with Crippen LogP contribution in [0.1, 0.15) is 44.4 Å². The first-order chi connectivity index (χ1) is 16.1. The monoisotopic (exact) mass is 460 g/mol. The minimum atomic E-state index is -1.10. The molecule has 0 radical (unpaired) electrons. The molecule has 4 aliphatic rings. The summed E-state index contributed by atoms with van der Waals surface area (Å²) in [6.07, 6.45) is 5.96. The van der Waals surface area contributed by atoms with E-state index >= 15 is 0 Å². The molecular weight excluding hydrogens is 444 g/mol. The summed E-state index contributed by atoms with van der Waals surface area (Å²) in [4.78, 5) is 73.4. The fraction of sp³-hybridized carbons (Fsp3) is 0.167. The van der Waals surface area contributed by atoms with E-state index < -0.39 is 40.9 Å². The number of nitrogens with one attached hydrogen (secondary N) is 1. The molecule has 0 bridgehead atoms. The number of rotatable bonds is 4. The smallest absolute Gasteiger partial charge is 0.346 e. The lowest BCUT2D eigenvalue weighted by molar-refractivity contribution is -0.154. The zero-order valence-electron chi connectivity index (χ0n) is 18.0. The quantitative estimate of drug-likeness (QED) is 0.398. The molecule has 1 aliphatic carbocycles. The first kappa shape index (κ1) is 21.3. The van der Waals surface area contributed by atoms with Gasteiger partial charge in [-0.25, -0.2) is 14.4 Å². The summed E-state index contributed by atoms with van der Waals surface area (Å²) < 4.78 is 9.25. The molecule has 0 amide bonds. The number of likely N-dealkylation sites (N-methyl/N-ethyl adjacent to an activating group) is 1. The summed E-state index contributed by atoms with van der Waals surface area (Å²) in [5, 5.41) is 1.35. The van der Waals surface area contributed by atoms with Gasteiger partial charge in [0.2, 0.25) is 11.6 Å². The van der Waals surface area contributed by atoms with Crippen LogP contribution in [-0.2, 0) is 23.9 Å². The van der Waals surface area contributed by atoms with Gasteiger partial charge in [-0.3, -0.25) is 24.8 Å². The SMILES string of the molecule is CN1NC(C(=O)c2ccc3c(c2)C(=O)OC3=O)=CC=C1C(=O)C1=CCC2(C)C(=O)OC(=O)C2=C1. The molecule has 1 N–H and O–H groups in total. The zero-order chi connectivity index (χ0) is 24.4. The van der Waals surface area contributed by atoms with Crippen LogP contribution in [-0.4, -0.2) is 47.5 Å². The number of carbonyl (C=O) groups excluding carboxylic acids is 6. The molecule has 5 rings (SSSR count). The van der Waals surface area contributed by atoms with Crippen molar-refractivity contribution in [1.82, 2.24) is 10.4 Å². The molecule has 1 unspecified atom stereocenters. The Kier molecular flexibility index (Phi) is 4.50. The van der Waals surface area contributed by atoms with Gasteiger partial charge in [0.05, 0.1) is 16.7 Å². The number of benzene rings is 1. The molecule has 0 aromatic heterocycles. The van der Waals surface area contributed by atoms with Crippen LogP contribution in [0.2, 0.25) is 0 Å². The van der Waals surface area contributed by atoms with Gasteiger partial charge < -0.3 is 9.47 Å². The Balaban J connectivity index is 1.40. The van der Waals surface area contributed by atoms with Gasteiger partial charge in [-0.1, -0.05) is 12.1 Å². The van der Waals surface area contributed by atoms with Crippen LogP contribution in [0.15, 0.2) is 65.0 Å². The third-order valence-corrected chi connectivity index (χ3v) is 6.18. The molecule has 1 saturated heterocycles. The normalized spacial score (nSPS) is 23.1. The summed E-state index contributed by atoms with van der Waals surface area (Å²) in [5.74, 6) is -3.86. The first-order valence-electron chi connectivity index (χ1n) is 10.2. The number of ether oxygens (including phenoxy) is 2. The maximum absolute atomic E-state index is 13.1. The molecule has 10 heteroatoms. The number of hydrazine groups is 1. The van der Waals surface area contributed by atoms with Gasteiger partial charge in [-0.2, -0.15) is 0 Å². The van der Waals surface area contributed by atoms with E-state index in [0.29, 0.717) is 0 Å². The van der Waals surface area contributed by atoms with Crippen molar-refractivity contribution in [1.29, 1.82) is 0 Å². The Morgan fingerprint density at radius 1 is 0.971 bits per heavy atom. The van der Waals surface area contributed by atoms with Crippen molar-refractivity contribution in [3.05, 3.63) is 81.7 Å². The molecule has 3 heterocycles. The van der Waals surface area contributed by atoms with Gasteiger partial charge in [-0.05, 0) is 43.7 Å². The van der Waals surface area contributed by atoms with E-state index in [9.17, 15) is 28.8 Å². The van der Waals surface area contributed by atoms with Gasteiger partial charge in [0.25, 0.3) is 0 Å². The molecule has 170 valence electrons. The van der Waals surface area contributed by atoms with Gasteiger partial charge in [-0.15, -0.1) is 0 Å². The van der Waals surface area contributed by atoms with Crippen molar-refractivity contribution in [3.63, 3.8) is 0 Å². The highest BCUT2D eigenvalue weighted by molar-refractivity contribution is 6.18. The lowest BCUT2D eigenvalue weighted by Gasteiger charge is -2.29. The van der Waals surface area contributed by atoms with Crippen molar-refractivity contribution in [3.8, 4) is 0 Å². The molecule has 34 heavy (non-hydrogen) atoms. The fourth-order valence-corrected chi connectivity index (χ4v) is 4.12. The maximum Gasteiger partial charge on any atom is 0.346 e. The predicted molar refractivity (Wildman–Crippen MR) is 113 cm³/mol. The minimum absolute atomic E-state index is 0.0141. The van der Waals surface area contributed by atoms with Crippen LogP contribution in [0, 0.1) is 5.41 Å². The fourth-order valence-electron chi connectivity index (χ4n) is 4.12. The zero-order valence-corrected chi connectivity index (χ0v) is 18.0. The topological polar surface area (TPSA) is 136 Å². The standard InChI is InChI=1S/C24H16N2O8/c1-24-8-7-12(10-15(24)22(31)34-23(24)32)19(28)17-6-5-16(25-26(17)2)18(27)11-3-4-13-14(9-11)21(30)33-20(13)29/h3-7,9-10,25H,8H2,1-2H3. The van der Waals surface area contributed by atoms with Gasteiger partial charge in [0.15, 0.2) is 0 Å². The molecule has 3 aliphatic heterocycles. The molecule has 1 aromatic carbocycles. The molecule has 0 saturated carbocycles. The molecule has 1 atom stereocenters. The molecule has 1 aromatic rings. The van der Waals surface area contributed by atoms with Crippen molar-refractivity contribution < 1.29 is 38.2 Å². The van der Waals surface area contributed by atoms with E-state index in [2.05, 4.69) is 10.2 Å². The van der Waals surface area contributed by atoms with Crippen LogP contribution in [0.25, 0.3) is 0 Å². The van der Waals surface area contributed by atoms with Gasteiger partial charge >= 0.3 is 23.9 Å². The van der Waals surface area contributed by atoms with Crippen LogP contribution in [0.5, 0.6) is 0 Å². The minimum Gasteiger partial charge on any atom is -0.389 e. The summed E-state index contributed by atoms with van der Waals surface area (Å²) in [6.45, 7) is 1.59. The largest absolute Gasteiger partial charge is 0.389 e. The number of fused-ring (bicyclic) bond motifs is 2. The molecular formula is C24H16N2O8. The van der Waals surface area contributed by atoms with Crippen LogP contribution in [0.3, 0.4) is 0 Å². The van der Waals surface area contributed by atoms with E-state index in [4.69, 9.17) is 4.74 Å². The molecule has 0 spiro atoms. The average molecular weight is 460 g/mol. The number of allylic oxidation sites excluding steroid dienone is 6. The highest BCUT2D eigenvalue weighted by Crippen LogP contribution is 2.43. The summed E-state index contributed by atoms with van der Waals surface area (Å²) >= 11 is 0. The van der Waals surface area contributed by atoms with Gasteiger partial charge in [0, 0.05) is 18.2 Å². The second-order valence-corrected chi connectivity index (χ2v) is 8.33. The lowest BCUT2D eigenvalue weighted by Crippen LogP contribution is -2.40. The third kappa shape index (κ3) is 3.03. The Labute approximate surface area is 192 Å². The molecule has 10 nitrogen and oxygen atoms in total. The van der Waals surface area contributed by atoms with Gasteiger partial charge in [0.1, 0.15) is 16.8 Å². The Morgan fingerprint density at radius 3 is 2.44 bits per heavy atom. The van der Waals surface area contributed by atoms with Crippen molar-refractivity contribution in [2.24, 2.45) is 5.41 Å². The van der Waals surface area contributed by atoms with E-state index in [1.807, 2.05) is 0 Å². The lowest BCUT2D eigenvalue weighted by atomic mass is 9.76. The summed E-state index contributed by atoms with van der Waals surface area (Å²) in [5.41, 5.74) is 2.67. The first-order valence-corrected chi connectivity index (χ1v) is 10.2. The Morgan fingerprint density at radius 2 is 1.71 bits per heavy atom. The Hall–Kier alpha value is -4.60. The summed E-state index contributed by atoms with van der Waals surface area (Å²) in [6, 6.07) is 4.05. The number of hydrogen-bond donors (Lipinski definition) is 1. The van der Waals surface area contributed by atoms with Crippen LogP contribution < -0.4 is 5.43 Å².